The minimum atomic E-state index is 0.304. The second-order valence-corrected chi connectivity index (χ2v) is 6.07. The maximum Gasteiger partial charge on any atom is 0.134 e. The fraction of sp³-hybridized carbons (Fsp3) is 0.714. The lowest BCUT2D eigenvalue weighted by molar-refractivity contribution is 0.0664. The van der Waals surface area contributed by atoms with Gasteiger partial charge < -0.3 is 9.64 Å². The lowest BCUT2D eigenvalue weighted by atomic mass is 10.2. The fourth-order valence-electron chi connectivity index (χ4n) is 2.19. The Morgan fingerprint density at radius 2 is 2.26 bits per heavy atom. The van der Waals surface area contributed by atoms with Crippen molar-refractivity contribution in [1.82, 2.24) is 9.97 Å². The predicted octanol–water partition coefficient (Wildman–Crippen LogP) is 3.37. The van der Waals surface area contributed by atoms with Crippen LogP contribution in [0.3, 0.4) is 0 Å². The topological polar surface area (TPSA) is 38.2 Å². The van der Waals surface area contributed by atoms with E-state index >= 15 is 0 Å². The smallest absolute Gasteiger partial charge is 0.134 e. The molecule has 0 aromatic carbocycles. The van der Waals surface area contributed by atoms with Gasteiger partial charge in [-0.1, -0.05) is 20.8 Å². The van der Waals surface area contributed by atoms with E-state index in [9.17, 15) is 0 Å². The van der Waals surface area contributed by atoms with Crippen LogP contribution in [0.5, 0.6) is 0 Å². The van der Waals surface area contributed by atoms with Crippen molar-refractivity contribution in [3.8, 4) is 0 Å². The lowest BCUT2D eigenvalue weighted by Gasteiger charge is -2.25. The van der Waals surface area contributed by atoms with Crippen molar-refractivity contribution in [2.45, 2.75) is 45.6 Å². The molecule has 19 heavy (non-hydrogen) atoms. The Morgan fingerprint density at radius 3 is 2.95 bits per heavy atom. The molecule has 4 nitrogen and oxygen atoms in total. The van der Waals surface area contributed by atoms with E-state index in [-0.39, 0.29) is 0 Å². The number of nitrogens with zero attached hydrogens (tertiary/aromatic N) is 3. The maximum absolute atomic E-state index is 5.81. The summed E-state index contributed by atoms with van der Waals surface area (Å²) in [5, 5.41) is 0. The van der Waals surface area contributed by atoms with Crippen LogP contribution in [0.2, 0.25) is 0 Å². The Labute approximate surface area is 123 Å². The summed E-state index contributed by atoms with van der Waals surface area (Å²) in [6, 6.07) is 2.00. The van der Waals surface area contributed by atoms with Gasteiger partial charge in [-0.3, -0.25) is 0 Å². The second kappa shape index (κ2) is 6.66. The Balaban J connectivity index is 2.24. The predicted molar refractivity (Wildman–Crippen MR) is 80.7 cm³/mol. The summed E-state index contributed by atoms with van der Waals surface area (Å²) < 4.78 is 6.68. The highest BCUT2D eigenvalue weighted by molar-refractivity contribution is 9.10. The van der Waals surface area contributed by atoms with Crippen LogP contribution in [0.25, 0.3) is 0 Å². The molecule has 1 aliphatic rings. The number of rotatable bonds is 3. The van der Waals surface area contributed by atoms with Crippen molar-refractivity contribution in [2.24, 2.45) is 0 Å². The van der Waals surface area contributed by atoms with Crippen LogP contribution in [0, 0.1) is 0 Å². The number of anilines is 1. The molecule has 0 aliphatic carbocycles. The van der Waals surface area contributed by atoms with E-state index in [1.165, 1.54) is 0 Å². The summed E-state index contributed by atoms with van der Waals surface area (Å²) in [5.41, 5.74) is 0. The molecule has 1 atom stereocenters. The quantitative estimate of drug-likeness (QED) is 0.798. The molecule has 0 radical (unpaired) electrons. The molecule has 5 heteroatoms. The van der Waals surface area contributed by atoms with Gasteiger partial charge in [0.25, 0.3) is 0 Å². The summed E-state index contributed by atoms with van der Waals surface area (Å²) in [6.07, 6.45) is 2.40. The van der Waals surface area contributed by atoms with E-state index < -0.39 is 0 Å². The van der Waals surface area contributed by atoms with Crippen molar-refractivity contribution in [3.05, 3.63) is 16.5 Å². The SMILES string of the molecule is CCC1CN(c2cc(Br)nc(C(C)C)n2)CCCO1. The van der Waals surface area contributed by atoms with Gasteiger partial charge in [-0.05, 0) is 28.8 Å². The number of ether oxygens (including phenoxy) is 1. The van der Waals surface area contributed by atoms with Gasteiger partial charge in [-0.25, -0.2) is 9.97 Å². The van der Waals surface area contributed by atoms with Crippen molar-refractivity contribution >= 4 is 21.7 Å². The average molecular weight is 328 g/mol. The van der Waals surface area contributed by atoms with Crippen molar-refractivity contribution in [1.29, 1.82) is 0 Å². The Morgan fingerprint density at radius 1 is 1.47 bits per heavy atom. The fourth-order valence-corrected chi connectivity index (χ4v) is 2.58. The number of hydrogen-bond donors (Lipinski definition) is 0. The van der Waals surface area contributed by atoms with Crippen LogP contribution >= 0.6 is 15.9 Å². The number of hydrogen-bond acceptors (Lipinski definition) is 4. The van der Waals surface area contributed by atoms with Crippen LogP contribution in [0.4, 0.5) is 5.82 Å². The Hall–Kier alpha value is -0.680. The van der Waals surface area contributed by atoms with E-state index in [0.717, 1.165) is 48.8 Å². The molecule has 0 spiro atoms. The molecule has 1 unspecified atom stereocenters. The average Bonchev–Trinajstić information content (AvgIpc) is 2.63. The normalized spacial score (nSPS) is 20.7. The van der Waals surface area contributed by atoms with Gasteiger partial charge in [0.05, 0.1) is 6.10 Å². The van der Waals surface area contributed by atoms with Gasteiger partial charge in [-0.15, -0.1) is 0 Å². The third-order valence-corrected chi connectivity index (χ3v) is 3.75. The van der Waals surface area contributed by atoms with Gasteiger partial charge in [0.1, 0.15) is 16.2 Å². The van der Waals surface area contributed by atoms with Crippen molar-refractivity contribution < 1.29 is 4.74 Å². The van der Waals surface area contributed by atoms with Crippen molar-refractivity contribution in [2.75, 3.05) is 24.6 Å². The molecule has 106 valence electrons. The molecule has 0 amide bonds. The molecule has 1 fully saturated rings. The van der Waals surface area contributed by atoms with E-state index in [4.69, 9.17) is 9.72 Å². The highest BCUT2D eigenvalue weighted by atomic mass is 79.9. The lowest BCUT2D eigenvalue weighted by Crippen LogP contribution is -2.32. The summed E-state index contributed by atoms with van der Waals surface area (Å²) in [5.74, 6) is 2.23. The molecular weight excluding hydrogens is 306 g/mol. The van der Waals surface area contributed by atoms with Crippen LogP contribution < -0.4 is 4.90 Å². The molecular formula is C14H22BrN3O. The third kappa shape index (κ3) is 3.89. The zero-order valence-corrected chi connectivity index (χ0v) is 13.5. The molecule has 1 aliphatic heterocycles. The molecule has 1 aromatic heterocycles. The van der Waals surface area contributed by atoms with Gasteiger partial charge >= 0.3 is 0 Å². The summed E-state index contributed by atoms with van der Waals surface area (Å²) >= 11 is 3.49. The molecule has 0 saturated carbocycles. The molecule has 2 heterocycles. The first-order chi connectivity index (χ1) is 9.10. The molecule has 1 saturated heterocycles. The molecule has 1 aromatic rings. The minimum absolute atomic E-state index is 0.304. The third-order valence-electron chi connectivity index (χ3n) is 3.34. The maximum atomic E-state index is 5.81. The van der Waals surface area contributed by atoms with E-state index in [1.54, 1.807) is 0 Å². The monoisotopic (exact) mass is 327 g/mol. The van der Waals surface area contributed by atoms with Crippen LogP contribution in [0.1, 0.15) is 45.4 Å². The van der Waals surface area contributed by atoms with Gasteiger partial charge in [-0.2, -0.15) is 0 Å². The second-order valence-electron chi connectivity index (χ2n) is 5.26. The van der Waals surface area contributed by atoms with Crippen LogP contribution in [-0.4, -0.2) is 35.8 Å². The van der Waals surface area contributed by atoms with Crippen LogP contribution in [0.15, 0.2) is 10.7 Å². The number of halogens is 1. The Bertz CT molecular complexity index is 425. The highest BCUT2D eigenvalue weighted by Gasteiger charge is 2.19. The summed E-state index contributed by atoms with van der Waals surface area (Å²) in [4.78, 5) is 11.5. The van der Waals surface area contributed by atoms with Gasteiger partial charge in [0, 0.05) is 31.7 Å². The first-order valence-electron chi connectivity index (χ1n) is 7.01. The first-order valence-corrected chi connectivity index (χ1v) is 7.80. The van der Waals surface area contributed by atoms with E-state index in [0.29, 0.717) is 12.0 Å². The van der Waals surface area contributed by atoms with Gasteiger partial charge in [0.2, 0.25) is 0 Å². The zero-order valence-electron chi connectivity index (χ0n) is 11.9. The largest absolute Gasteiger partial charge is 0.376 e. The zero-order chi connectivity index (χ0) is 13.8. The molecule has 0 N–H and O–H groups in total. The summed E-state index contributed by atoms with van der Waals surface area (Å²) in [7, 11) is 0. The molecule has 2 rings (SSSR count). The minimum Gasteiger partial charge on any atom is -0.376 e. The highest BCUT2D eigenvalue weighted by Crippen LogP contribution is 2.22. The van der Waals surface area contributed by atoms with Gasteiger partial charge in [0.15, 0.2) is 0 Å². The standard InChI is InChI=1S/C14H22BrN3O/c1-4-11-9-18(6-5-7-19-11)13-8-12(15)16-14(17-13)10(2)3/h8,10-11H,4-7,9H2,1-3H3. The van der Waals surface area contributed by atoms with E-state index in [1.807, 2.05) is 6.07 Å². The van der Waals surface area contributed by atoms with Crippen molar-refractivity contribution in [3.63, 3.8) is 0 Å². The van der Waals surface area contributed by atoms with Crippen LogP contribution in [-0.2, 0) is 4.74 Å². The van der Waals surface area contributed by atoms with E-state index in [2.05, 4.69) is 46.6 Å². The summed E-state index contributed by atoms with van der Waals surface area (Å²) in [6.45, 7) is 9.16. The number of aromatic nitrogens is 2. The molecule has 0 bridgehead atoms. The first kappa shape index (κ1) is 14.7. The Kier molecular flexibility index (Phi) is 5.16.